The Morgan fingerprint density at radius 2 is 1.78 bits per heavy atom. The lowest BCUT2D eigenvalue weighted by atomic mass is 9.81. The van der Waals surface area contributed by atoms with E-state index in [0.717, 1.165) is 55.6 Å². The molecule has 1 atom stereocenters. The number of hydrogen-bond donors (Lipinski definition) is 0. The maximum absolute atomic E-state index is 13.8. The maximum Gasteiger partial charge on any atom is 0.230 e. The molecule has 0 N–H and O–H groups in total. The summed E-state index contributed by atoms with van der Waals surface area (Å²) in [6.07, 6.45) is 2.86. The summed E-state index contributed by atoms with van der Waals surface area (Å²) in [5.74, 6) is 0.0941. The largest absolute Gasteiger partial charge is 0.339 e. The van der Waals surface area contributed by atoms with E-state index in [0.29, 0.717) is 0 Å². The van der Waals surface area contributed by atoms with Gasteiger partial charge in [0.1, 0.15) is 5.82 Å². The van der Waals surface area contributed by atoms with Crippen LogP contribution in [0, 0.1) is 12.7 Å². The van der Waals surface area contributed by atoms with Crippen LogP contribution in [0.15, 0.2) is 48.5 Å². The number of hydrogen-bond acceptors (Lipinski definition) is 2. The van der Waals surface area contributed by atoms with Gasteiger partial charge in [-0.1, -0.05) is 42.5 Å². The second-order valence-corrected chi connectivity index (χ2v) is 8.09. The molecular formula is C23H27FN2O. The van der Waals surface area contributed by atoms with E-state index in [9.17, 15) is 9.18 Å². The molecule has 2 aliphatic heterocycles. The molecule has 0 aliphatic carbocycles. The molecule has 0 radical (unpaired) electrons. The van der Waals surface area contributed by atoms with E-state index >= 15 is 0 Å². The molecule has 2 heterocycles. The molecule has 1 spiro atoms. The molecule has 2 saturated heterocycles. The van der Waals surface area contributed by atoms with E-state index in [2.05, 4.69) is 17.0 Å². The summed E-state index contributed by atoms with van der Waals surface area (Å²) >= 11 is 0. The number of amides is 1. The standard InChI is InChI=1S/C23H27FN2O/c1-17-19(9-6-10-21(17)24)16-26-13-11-23(12-14-26)15-20(22(27)25(23)2)18-7-4-3-5-8-18/h3-10,20H,11-16H2,1-2H3. The van der Waals surface area contributed by atoms with Crippen molar-refractivity contribution in [2.45, 2.75) is 44.2 Å². The molecule has 2 fully saturated rings. The van der Waals surface area contributed by atoms with Crippen LogP contribution in [-0.2, 0) is 11.3 Å². The van der Waals surface area contributed by atoms with Gasteiger partial charge in [0.15, 0.2) is 0 Å². The van der Waals surface area contributed by atoms with E-state index in [4.69, 9.17) is 0 Å². The van der Waals surface area contributed by atoms with Gasteiger partial charge in [0.25, 0.3) is 0 Å². The van der Waals surface area contributed by atoms with Gasteiger partial charge in [0.05, 0.1) is 5.92 Å². The Morgan fingerprint density at radius 3 is 2.48 bits per heavy atom. The number of benzene rings is 2. The summed E-state index contributed by atoms with van der Waals surface area (Å²) < 4.78 is 13.8. The molecule has 27 heavy (non-hydrogen) atoms. The lowest BCUT2D eigenvalue weighted by molar-refractivity contribution is -0.131. The fourth-order valence-electron chi connectivity index (χ4n) is 4.75. The SMILES string of the molecule is Cc1c(F)cccc1CN1CCC2(CC1)CC(c1ccccc1)C(=O)N2C. The number of halogens is 1. The molecule has 2 aromatic rings. The van der Waals surface area contributed by atoms with Crippen molar-refractivity contribution in [3.8, 4) is 0 Å². The molecule has 2 aromatic carbocycles. The minimum atomic E-state index is -0.132. The molecule has 142 valence electrons. The van der Waals surface area contributed by atoms with Crippen molar-refractivity contribution in [1.82, 2.24) is 9.80 Å². The van der Waals surface area contributed by atoms with Crippen LogP contribution in [0.5, 0.6) is 0 Å². The predicted octanol–water partition coefficient (Wildman–Crippen LogP) is 4.11. The third-order valence-corrected chi connectivity index (χ3v) is 6.69. The van der Waals surface area contributed by atoms with Crippen LogP contribution >= 0.6 is 0 Å². The fourth-order valence-corrected chi connectivity index (χ4v) is 4.75. The molecule has 0 aromatic heterocycles. The molecular weight excluding hydrogens is 339 g/mol. The summed E-state index contributed by atoms with van der Waals surface area (Å²) in [5, 5.41) is 0. The Balaban J connectivity index is 1.45. The zero-order valence-electron chi connectivity index (χ0n) is 16.1. The fraction of sp³-hybridized carbons (Fsp3) is 0.435. The highest BCUT2D eigenvalue weighted by molar-refractivity contribution is 5.87. The first-order chi connectivity index (χ1) is 13.0. The maximum atomic E-state index is 13.8. The molecule has 3 nitrogen and oxygen atoms in total. The normalized spacial score (nSPS) is 22.6. The van der Waals surface area contributed by atoms with Gasteiger partial charge in [-0.05, 0) is 48.9 Å². The van der Waals surface area contributed by atoms with Crippen LogP contribution < -0.4 is 0 Å². The third kappa shape index (κ3) is 3.27. The molecule has 1 amide bonds. The van der Waals surface area contributed by atoms with Gasteiger partial charge in [0.2, 0.25) is 5.91 Å². The number of nitrogens with zero attached hydrogens (tertiary/aromatic N) is 2. The first-order valence-corrected chi connectivity index (χ1v) is 9.79. The van der Waals surface area contributed by atoms with Crippen LogP contribution in [-0.4, -0.2) is 41.4 Å². The molecule has 0 saturated carbocycles. The topological polar surface area (TPSA) is 23.6 Å². The number of carbonyl (C=O) groups is 1. The summed E-state index contributed by atoms with van der Waals surface area (Å²) in [7, 11) is 1.97. The van der Waals surface area contributed by atoms with E-state index in [-0.39, 0.29) is 23.2 Å². The summed E-state index contributed by atoms with van der Waals surface area (Å²) in [6.45, 7) is 4.51. The van der Waals surface area contributed by atoms with Crippen molar-refractivity contribution < 1.29 is 9.18 Å². The molecule has 4 heteroatoms. The minimum Gasteiger partial charge on any atom is -0.339 e. The van der Waals surface area contributed by atoms with E-state index < -0.39 is 0 Å². The third-order valence-electron chi connectivity index (χ3n) is 6.69. The van der Waals surface area contributed by atoms with Crippen molar-refractivity contribution in [2.75, 3.05) is 20.1 Å². The highest BCUT2D eigenvalue weighted by atomic mass is 19.1. The van der Waals surface area contributed by atoms with Gasteiger partial charge in [-0.15, -0.1) is 0 Å². The average molecular weight is 366 g/mol. The summed E-state index contributed by atoms with van der Waals surface area (Å²) in [4.78, 5) is 17.3. The van der Waals surface area contributed by atoms with Gasteiger partial charge in [-0.3, -0.25) is 9.69 Å². The summed E-state index contributed by atoms with van der Waals surface area (Å²) in [5.41, 5.74) is 2.90. The van der Waals surface area contributed by atoms with Crippen molar-refractivity contribution in [3.63, 3.8) is 0 Å². The smallest absolute Gasteiger partial charge is 0.230 e. The van der Waals surface area contributed by atoms with E-state index in [1.807, 2.05) is 43.1 Å². The molecule has 0 bridgehead atoms. The second kappa shape index (κ2) is 7.08. The Bertz CT molecular complexity index is 828. The highest BCUT2D eigenvalue weighted by Gasteiger charge is 2.50. The average Bonchev–Trinajstić information content (AvgIpc) is 2.93. The quantitative estimate of drug-likeness (QED) is 0.816. The summed E-state index contributed by atoms with van der Waals surface area (Å²) in [6, 6.07) is 15.5. The zero-order valence-corrected chi connectivity index (χ0v) is 16.1. The predicted molar refractivity (Wildman–Crippen MR) is 105 cm³/mol. The highest BCUT2D eigenvalue weighted by Crippen LogP contribution is 2.45. The van der Waals surface area contributed by atoms with Crippen LogP contribution in [0.4, 0.5) is 4.39 Å². The molecule has 1 unspecified atom stereocenters. The zero-order chi connectivity index (χ0) is 19.0. The molecule has 4 rings (SSSR count). The Labute approximate surface area is 160 Å². The number of likely N-dealkylation sites (tertiary alicyclic amines) is 2. The van der Waals surface area contributed by atoms with Gasteiger partial charge < -0.3 is 4.90 Å². The van der Waals surface area contributed by atoms with Crippen LogP contribution in [0.3, 0.4) is 0 Å². The van der Waals surface area contributed by atoms with Crippen LogP contribution in [0.1, 0.15) is 41.9 Å². The number of carbonyl (C=O) groups excluding carboxylic acids is 1. The van der Waals surface area contributed by atoms with Crippen molar-refractivity contribution >= 4 is 5.91 Å². The lowest BCUT2D eigenvalue weighted by Crippen LogP contribution is -2.51. The van der Waals surface area contributed by atoms with Gasteiger partial charge in [-0.25, -0.2) is 4.39 Å². The first-order valence-electron chi connectivity index (χ1n) is 9.79. The number of likely N-dealkylation sites (N-methyl/N-ethyl adjacent to an activating group) is 1. The van der Waals surface area contributed by atoms with Gasteiger partial charge in [-0.2, -0.15) is 0 Å². The molecule has 2 aliphatic rings. The number of rotatable bonds is 3. The Kier molecular flexibility index (Phi) is 4.77. The van der Waals surface area contributed by atoms with E-state index in [1.54, 1.807) is 6.07 Å². The Hall–Kier alpha value is -2.20. The lowest BCUT2D eigenvalue weighted by Gasteiger charge is -2.43. The first kappa shape index (κ1) is 18.2. The monoisotopic (exact) mass is 366 g/mol. The van der Waals surface area contributed by atoms with Crippen molar-refractivity contribution in [3.05, 3.63) is 71.0 Å². The van der Waals surface area contributed by atoms with Crippen LogP contribution in [0.2, 0.25) is 0 Å². The van der Waals surface area contributed by atoms with E-state index in [1.165, 1.54) is 6.07 Å². The van der Waals surface area contributed by atoms with Gasteiger partial charge in [0, 0.05) is 32.2 Å². The number of piperidine rings is 1. The van der Waals surface area contributed by atoms with Gasteiger partial charge >= 0.3 is 0 Å². The van der Waals surface area contributed by atoms with Crippen molar-refractivity contribution in [2.24, 2.45) is 0 Å². The minimum absolute atomic E-state index is 0.0202. The Morgan fingerprint density at radius 1 is 1.07 bits per heavy atom. The van der Waals surface area contributed by atoms with Crippen LogP contribution in [0.25, 0.3) is 0 Å². The second-order valence-electron chi connectivity index (χ2n) is 8.09. The van der Waals surface area contributed by atoms with Crippen molar-refractivity contribution in [1.29, 1.82) is 0 Å².